The third-order valence-electron chi connectivity index (χ3n) is 3.40. The van der Waals surface area contributed by atoms with Gasteiger partial charge in [-0.15, -0.1) is 0 Å². The van der Waals surface area contributed by atoms with Crippen LogP contribution in [0.3, 0.4) is 0 Å². The molecule has 7 heteroatoms. The largest absolute Gasteiger partial charge is 0.368 e. The fourth-order valence-corrected chi connectivity index (χ4v) is 2.13. The lowest BCUT2D eigenvalue weighted by molar-refractivity contribution is -0.387. The monoisotopic (exact) mass is 265 g/mol. The lowest BCUT2D eigenvalue weighted by atomic mass is 10.1. The standard InChI is InChI=1S/C12H15N3O4/c1-7-4-5-14(12(17)10(7)15(18)19)9(11(13)16)6-8-2-3-8/h4-5,8-9H,2-3,6H2,1H3,(H2,13,16). The molecule has 19 heavy (non-hydrogen) atoms. The Kier molecular flexibility index (Phi) is 3.37. The molecule has 2 N–H and O–H groups in total. The van der Waals surface area contributed by atoms with Crippen LogP contribution < -0.4 is 11.3 Å². The van der Waals surface area contributed by atoms with Crippen molar-refractivity contribution in [1.29, 1.82) is 0 Å². The van der Waals surface area contributed by atoms with Crippen molar-refractivity contribution >= 4 is 11.6 Å². The number of nitrogens with zero attached hydrogens (tertiary/aromatic N) is 2. The van der Waals surface area contributed by atoms with E-state index in [1.807, 2.05) is 0 Å². The molecular formula is C12H15N3O4. The van der Waals surface area contributed by atoms with Crippen LogP contribution in [-0.4, -0.2) is 15.4 Å². The maximum Gasteiger partial charge on any atom is 0.336 e. The Morgan fingerprint density at radius 1 is 1.63 bits per heavy atom. The topological polar surface area (TPSA) is 108 Å². The molecule has 1 amide bonds. The highest BCUT2D eigenvalue weighted by atomic mass is 16.6. The third kappa shape index (κ3) is 2.64. The average molecular weight is 265 g/mol. The second-order valence-electron chi connectivity index (χ2n) is 4.91. The Balaban J connectivity index is 2.47. The molecule has 0 saturated heterocycles. The van der Waals surface area contributed by atoms with Gasteiger partial charge >= 0.3 is 11.2 Å². The number of hydrogen-bond donors (Lipinski definition) is 1. The molecule has 102 valence electrons. The molecule has 1 heterocycles. The first-order chi connectivity index (χ1) is 8.91. The minimum Gasteiger partial charge on any atom is -0.368 e. The Bertz CT molecular complexity index is 589. The molecule has 0 radical (unpaired) electrons. The van der Waals surface area contributed by atoms with Crippen LogP contribution in [0.5, 0.6) is 0 Å². The van der Waals surface area contributed by atoms with Gasteiger partial charge in [-0.05, 0) is 25.3 Å². The molecule has 0 spiro atoms. The fourth-order valence-electron chi connectivity index (χ4n) is 2.13. The van der Waals surface area contributed by atoms with E-state index < -0.39 is 28.1 Å². The molecule has 1 aliphatic rings. The first-order valence-corrected chi connectivity index (χ1v) is 6.07. The Labute approximate surface area is 109 Å². The Morgan fingerprint density at radius 3 is 2.74 bits per heavy atom. The van der Waals surface area contributed by atoms with Crippen molar-refractivity contribution in [3.63, 3.8) is 0 Å². The zero-order valence-electron chi connectivity index (χ0n) is 10.5. The number of pyridine rings is 1. The van der Waals surface area contributed by atoms with Gasteiger partial charge in [-0.1, -0.05) is 12.8 Å². The van der Waals surface area contributed by atoms with E-state index in [4.69, 9.17) is 5.73 Å². The number of aryl methyl sites for hydroxylation is 1. The molecule has 7 nitrogen and oxygen atoms in total. The van der Waals surface area contributed by atoms with E-state index in [0.717, 1.165) is 17.4 Å². The summed E-state index contributed by atoms with van der Waals surface area (Å²) in [7, 11) is 0. The summed E-state index contributed by atoms with van der Waals surface area (Å²) in [6.07, 6.45) is 3.89. The average Bonchev–Trinajstić information content (AvgIpc) is 3.10. The van der Waals surface area contributed by atoms with Gasteiger partial charge in [0.25, 0.3) is 0 Å². The maximum absolute atomic E-state index is 12.1. The second-order valence-corrected chi connectivity index (χ2v) is 4.91. The quantitative estimate of drug-likeness (QED) is 0.629. The van der Waals surface area contributed by atoms with Crippen molar-refractivity contribution < 1.29 is 9.72 Å². The molecule has 1 atom stereocenters. The van der Waals surface area contributed by atoms with E-state index in [-0.39, 0.29) is 5.56 Å². The normalized spacial score (nSPS) is 16.1. The van der Waals surface area contributed by atoms with E-state index in [1.165, 1.54) is 19.2 Å². The van der Waals surface area contributed by atoms with Crippen LogP contribution in [-0.2, 0) is 4.79 Å². The third-order valence-corrected chi connectivity index (χ3v) is 3.40. The summed E-state index contributed by atoms with van der Waals surface area (Å²) >= 11 is 0. The van der Waals surface area contributed by atoms with Crippen molar-refractivity contribution in [2.45, 2.75) is 32.2 Å². The molecule has 1 fully saturated rings. The van der Waals surface area contributed by atoms with Crippen molar-refractivity contribution in [3.05, 3.63) is 38.3 Å². The number of nitro groups is 1. The highest BCUT2D eigenvalue weighted by molar-refractivity contribution is 5.78. The molecule has 0 bridgehead atoms. The highest BCUT2D eigenvalue weighted by Crippen LogP contribution is 2.36. The summed E-state index contributed by atoms with van der Waals surface area (Å²) in [5.74, 6) is -0.253. The van der Waals surface area contributed by atoms with Gasteiger partial charge in [0.15, 0.2) is 0 Å². The number of aromatic nitrogens is 1. The van der Waals surface area contributed by atoms with Gasteiger partial charge in [-0.3, -0.25) is 24.3 Å². The first kappa shape index (κ1) is 13.3. The van der Waals surface area contributed by atoms with Gasteiger partial charge in [0.1, 0.15) is 6.04 Å². The van der Waals surface area contributed by atoms with E-state index in [0.29, 0.717) is 12.3 Å². The number of hydrogen-bond acceptors (Lipinski definition) is 4. The fraction of sp³-hybridized carbons (Fsp3) is 0.500. The van der Waals surface area contributed by atoms with Crippen LogP contribution in [0.4, 0.5) is 5.69 Å². The van der Waals surface area contributed by atoms with E-state index >= 15 is 0 Å². The van der Waals surface area contributed by atoms with Gasteiger partial charge in [0.2, 0.25) is 5.91 Å². The van der Waals surface area contributed by atoms with Crippen LogP contribution in [0.2, 0.25) is 0 Å². The van der Waals surface area contributed by atoms with Crippen LogP contribution in [0.25, 0.3) is 0 Å². The SMILES string of the molecule is Cc1ccn(C(CC2CC2)C(N)=O)c(=O)c1[N+](=O)[O-]. The number of carbonyl (C=O) groups excluding carboxylic acids is 1. The summed E-state index contributed by atoms with van der Waals surface area (Å²) in [4.78, 5) is 33.7. The maximum atomic E-state index is 12.1. The van der Waals surface area contributed by atoms with Crippen LogP contribution >= 0.6 is 0 Å². The number of primary amides is 1. The number of nitrogens with two attached hydrogens (primary N) is 1. The molecular weight excluding hydrogens is 250 g/mol. The zero-order valence-corrected chi connectivity index (χ0v) is 10.5. The Hall–Kier alpha value is -2.18. The van der Waals surface area contributed by atoms with Gasteiger partial charge in [-0.2, -0.15) is 0 Å². The molecule has 1 aliphatic carbocycles. The van der Waals surface area contributed by atoms with Crippen molar-refractivity contribution in [3.8, 4) is 0 Å². The minimum absolute atomic E-state index is 0.279. The molecule has 0 aliphatic heterocycles. The molecule has 1 saturated carbocycles. The van der Waals surface area contributed by atoms with Crippen molar-refractivity contribution in [2.75, 3.05) is 0 Å². The number of amides is 1. The Morgan fingerprint density at radius 2 is 2.26 bits per heavy atom. The molecule has 1 aromatic rings. The summed E-state index contributed by atoms with van der Waals surface area (Å²) in [5.41, 5.74) is 4.32. The number of rotatable bonds is 5. The summed E-state index contributed by atoms with van der Waals surface area (Å²) < 4.78 is 1.09. The predicted molar refractivity (Wildman–Crippen MR) is 67.7 cm³/mol. The summed E-state index contributed by atoms with van der Waals surface area (Å²) in [5, 5.41) is 10.9. The van der Waals surface area contributed by atoms with E-state index in [9.17, 15) is 19.7 Å². The van der Waals surface area contributed by atoms with Crippen molar-refractivity contribution in [2.24, 2.45) is 11.7 Å². The van der Waals surface area contributed by atoms with Gasteiger partial charge < -0.3 is 5.73 Å². The first-order valence-electron chi connectivity index (χ1n) is 6.07. The lowest BCUT2D eigenvalue weighted by Crippen LogP contribution is -2.35. The van der Waals surface area contributed by atoms with Crippen LogP contribution in [0.1, 0.15) is 30.9 Å². The van der Waals surface area contributed by atoms with Gasteiger partial charge in [0, 0.05) is 11.8 Å². The van der Waals surface area contributed by atoms with Gasteiger partial charge in [-0.25, -0.2) is 0 Å². The van der Waals surface area contributed by atoms with Crippen LogP contribution in [0, 0.1) is 23.0 Å². The smallest absolute Gasteiger partial charge is 0.336 e. The summed E-state index contributed by atoms with van der Waals surface area (Å²) in [6, 6.07) is 0.654. The minimum atomic E-state index is -0.806. The molecule has 2 rings (SSSR count). The van der Waals surface area contributed by atoms with Crippen LogP contribution in [0.15, 0.2) is 17.1 Å². The highest BCUT2D eigenvalue weighted by Gasteiger charge is 2.31. The predicted octanol–water partition coefficient (Wildman–Crippen LogP) is 0.891. The molecule has 1 unspecified atom stereocenters. The lowest BCUT2D eigenvalue weighted by Gasteiger charge is -2.16. The molecule has 0 aromatic carbocycles. The number of carbonyl (C=O) groups is 1. The second kappa shape index (κ2) is 4.83. The van der Waals surface area contributed by atoms with E-state index in [2.05, 4.69) is 0 Å². The van der Waals surface area contributed by atoms with E-state index in [1.54, 1.807) is 0 Å². The van der Waals surface area contributed by atoms with Gasteiger partial charge in [0.05, 0.1) is 4.92 Å². The zero-order chi connectivity index (χ0) is 14.2. The summed E-state index contributed by atoms with van der Waals surface area (Å²) in [6.45, 7) is 1.49. The van der Waals surface area contributed by atoms with Crippen molar-refractivity contribution in [1.82, 2.24) is 4.57 Å². The molecule has 1 aromatic heterocycles.